The molecule has 0 aliphatic heterocycles. The fourth-order valence-electron chi connectivity index (χ4n) is 2.01. The van der Waals surface area contributed by atoms with Crippen molar-refractivity contribution in [1.82, 2.24) is 5.32 Å². The second-order valence-electron chi connectivity index (χ2n) is 5.14. The predicted octanol–water partition coefficient (Wildman–Crippen LogP) is 3.78. The van der Waals surface area contributed by atoms with Crippen LogP contribution in [0.3, 0.4) is 0 Å². The SMILES string of the molecule is CCCNCC(C)C(C)Cc1cc(F)cc(F)c1. The molecule has 0 saturated carbocycles. The van der Waals surface area contributed by atoms with E-state index in [0.29, 0.717) is 18.3 Å². The molecule has 0 aromatic heterocycles. The molecule has 3 heteroatoms. The molecule has 1 aromatic carbocycles. The van der Waals surface area contributed by atoms with Crippen molar-refractivity contribution in [3.8, 4) is 0 Å². The molecule has 0 spiro atoms. The lowest BCUT2D eigenvalue weighted by Crippen LogP contribution is -2.26. The maximum atomic E-state index is 13.1. The number of hydrogen-bond acceptors (Lipinski definition) is 1. The molecule has 102 valence electrons. The van der Waals surface area contributed by atoms with Gasteiger partial charge in [-0.05, 0) is 55.5 Å². The standard InChI is InChI=1S/C15H23F2N/c1-4-5-18-10-12(3)11(2)6-13-7-14(16)9-15(17)8-13/h7-9,11-12,18H,4-6,10H2,1-3H3. The van der Waals surface area contributed by atoms with Crippen LogP contribution in [0.1, 0.15) is 32.8 Å². The molecule has 1 aromatic rings. The summed E-state index contributed by atoms with van der Waals surface area (Å²) in [6, 6.07) is 3.76. The average molecular weight is 255 g/mol. The Balaban J connectivity index is 2.49. The van der Waals surface area contributed by atoms with Crippen LogP contribution in [0.5, 0.6) is 0 Å². The molecule has 0 radical (unpaired) electrons. The fraction of sp³-hybridized carbons (Fsp3) is 0.600. The molecule has 0 bridgehead atoms. The van der Waals surface area contributed by atoms with Crippen LogP contribution in [0.15, 0.2) is 18.2 Å². The van der Waals surface area contributed by atoms with Crippen molar-refractivity contribution in [2.24, 2.45) is 11.8 Å². The number of nitrogens with one attached hydrogen (secondary N) is 1. The van der Waals surface area contributed by atoms with Gasteiger partial charge in [0.2, 0.25) is 0 Å². The van der Waals surface area contributed by atoms with Gasteiger partial charge in [0.05, 0.1) is 0 Å². The molecule has 1 nitrogen and oxygen atoms in total. The third-order valence-corrected chi connectivity index (χ3v) is 3.34. The Kier molecular flexibility index (Phi) is 6.27. The minimum atomic E-state index is -0.492. The highest BCUT2D eigenvalue weighted by Gasteiger charge is 2.13. The monoisotopic (exact) mass is 255 g/mol. The quantitative estimate of drug-likeness (QED) is 0.731. The van der Waals surface area contributed by atoms with E-state index >= 15 is 0 Å². The highest BCUT2D eigenvalue weighted by atomic mass is 19.1. The molecule has 0 amide bonds. The Morgan fingerprint density at radius 3 is 2.22 bits per heavy atom. The molecular formula is C15H23F2N. The van der Waals surface area contributed by atoms with Gasteiger partial charge in [-0.2, -0.15) is 0 Å². The second kappa shape index (κ2) is 7.47. The zero-order valence-corrected chi connectivity index (χ0v) is 11.5. The second-order valence-corrected chi connectivity index (χ2v) is 5.14. The van der Waals surface area contributed by atoms with Gasteiger partial charge in [0.1, 0.15) is 11.6 Å². The van der Waals surface area contributed by atoms with Crippen LogP contribution in [0, 0.1) is 23.5 Å². The average Bonchev–Trinajstić information content (AvgIpc) is 2.27. The predicted molar refractivity (Wildman–Crippen MR) is 71.6 cm³/mol. The van der Waals surface area contributed by atoms with Crippen molar-refractivity contribution in [2.75, 3.05) is 13.1 Å². The van der Waals surface area contributed by atoms with Gasteiger partial charge in [0.25, 0.3) is 0 Å². The third-order valence-electron chi connectivity index (χ3n) is 3.34. The molecule has 0 fully saturated rings. The van der Waals surface area contributed by atoms with E-state index < -0.39 is 11.6 Å². The molecule has 2 atom stereocenters. The summed E-state index contributed by atoms with van der Waals surface area (Å²) in [5.41, 5.74) is 0.738. The first-order valence-electron chi connectivity index (χ1n) is 6.68. The van der Waals surface area contributed by atoms with Gasteiger partial charge in [-0.3, -0.25) is 0 Å². The smallest absolute Gasteiger partial charge is 0.126 e. The largest absolute Gasteiger partial charge is 0.316 e. The topological polar surface area (TPSA) is 12.0 Å². The summed E-state index contributed by atoms with van der Waals surface area (Å²) in [4.78, 5) is 0. The number of benzene rings is 1. The Bertz CT molecular complexity index is 345. The van der Waals surface area contributed by atoms with E-state index in [1.165, 1.54) is 12.1 Å². The van der Waals surface area contributed by atoms with Gasteiger partial charge >= 0.3 is 0 Å². The molecule has 0 heterocycles. The van der Waals surface area contributed by atoms with E-state index in [2.05, 4.69) is 26.1 Å². The van der Waals surface area contributed by atoms with Crippen molar-refractivity contribution >= 4 is 0 Å². The van der Waals surface area contributed by atoms with Crippen molar-refractivity contribution in [2.45, 2.75) is 33.6 Å². The third kappa shape index (κ3) is 5.13. The lowest BCUT2D eigenvalue weighted by molar-refractivity contribution is 0.364. The van der Waals surface area contributed by atoms with Crippen LogP contribution in [0.2, 0.25) is 0 Å². The molecule has 2 unspecified atom stereocenters. The fourth-order valence-corrected chi connectivity index (χ4v) is 2.01. The summed E-state index contributed by atoms with van der Waals surface area (Å²) in [5, 5.41) is 3.38. The minimum Gasteiger partial charge on any atom is -0.316 e. The van der Waals surface area contributed by atoms with Crippen LogP contribution in [0.25, 0.3) is 0 Å². The van der Waals surface area contributed by atoms with Crippen molar-refractivity contribution in [3.05, 3.63) is 35.4 Å². The minimum absolute atomic E-state index is 0.399. The summed E-state index contributed by atoms with van der Waals surface area (Å²) < 4.78 is 26.2. The summed E-state index contributed by atoms with van der Waals surface area (Å²) in [6.07, 6.45) is 1.83. The maximum Gasteiger partial charge on any atom is 0.126 e. The maximum absolute atomic E-state index is 13.1. The summed E-state index contributed by atoms with van der Waals surface area (Å²) in [5.74, 6) is -0.0960. The van der Waals surface area contributed by atoms with Crippen LogP contribution in [-0.2, 0) is 6.42 Å². The molecule has 1 N–H and O–H groups in total. The zero-order chi connectivity index (χ0) is 13.5. The normalized spacial score (nSPS) is 14.5. The molecule has 0 aliphatic carbocycles. The van der Waals surface area contributed by atoms with Gasteiger partial charge in [0.15, 0.2) is 0 Å². The molecule has 18 heavy (non-hydrogen) atoms. The summed E-state index contributed by atoms with van der Waals surface area (Å²) in [6.45, 7) is 8.40. The Morgan fingerprint density at radius 2 is 1.67 bits per heavy atom. The van der Waals surface area contributed by atoms with Crippen molar-refractivity contribution in [1.29, 1.82) is 0 Å². The summed E-state index contributed by atoms with van der Waals surface area (Å²) >= 11 is 0. The number of halogens is 2. The lowest BCUT2D eigenvalue weighted by atomic mass is 9.89. The van der Waals surface area contributed by atoms with E-state index in [9.17, 15) is 8.78 Å². The van der Waals surface area contributed by atoms with Gasteiger partial charge in [-0.15, -0.1) is 0 Å². The molecule has 0 aliphatic rings. The first-order valence-corrected chi connectivity index (χ1v) is 6.68. The lowest BCUT2D eigenvalue weighted by Gasteiger charge is -2.20. The number of hydrogen-bond donors (Lipinski definition) is 1. The van der Waals surface area contributed by atoms with Gasteiger partial charge in [0, 0.05) is 6.07 Å². The van der Waals surface area contributed by atoms with E-state index in [1.54, 1.807) is 0 Å². The van der Waals surface area contributed by atoms with E-state index in [-0.39, 0.29) is 0 Å². The first kappa shape index (κ1) is 15.1. The zero-order valence-electron chi connectivity index (χ0n) is 11.5. The molecule has 1 rings (SSSR count). The Morgan fingerprint density at radius 1 is 1.06 bits per heavy atom. The van der Waals surface area contributed by atoms with Crippen molar-refractivity contribution in [3.63, 3.8) is 0 Å². The highest BCUT2D eigenvalue weighted by Crippen LogP contribution is 2.18. The van der Waals surface area contributed by atoms with Crippen LogP contribution in [0.4, 0.5) is 8.78 Å². The van der Waals surface area contributed by atoms with E-state index in [1.807, 2.05) is 0 Å². The highest BCUT2D eigenvalue weighted by molar-refractivity contribution is 5.18. The van der Waals surface area contributed by atoms with Crippen LogP contribution < -0.4 is 5.32 Å². The van der Waals surface area contributed by atoms with Crippen molar-refractivity contribution < 1.29 is 8.78 Å². The van der Waals surface area contributed by atoms with E-state index in [4.69, 9.17) is 0 Å². The first-order chi connectivity index (χ1) is 8.52. The van der Waals surface area contributed by atoms with Gasteiger partial charge in [-0.1, -0.05) is 20.8 Å². The number of rotatable bonds is 7. The van der Waals surface area contributed by atoms with Gasteiger partial charge in [-0.25, -0.2) is 8.78 Å². The van der Waals surface area contributed by atoms with E-state index in [0.717, 1.165) is 31.1 Å². The molecule has 0 saturated heterocycles. The molecular weight excluding hydrogens is 232 g/mol. The Labute approximate surface area is 109 Å². The van der Waals surface area contributed by atoms with Crippen LogP contribution in [-0.4, -0.2) is 13.1 Å². The Hall–Kier alpha value is -0.960. The van der Waals surface area contributed by atoms with Crippen LogP contribution >= 0.6 is 0 Å². The summed E-state index contributed by atoms with van der Waals surface area (Å²) in [7, 11) is 0. The van der Waals surface area contributed by atoms with Gasteiger partial charge < -0.3 is 5.32 Å².